The lowest BCUT2D eigenvalue weighted by Crippen LogP contribution is -2.45. The number of rotatable bonds is 6. The highest BCUT2D eigenvalue weighted by Crippen LogP contribution is 2.45. The number of benzene rings is 2. The second kappa shape index (κ2) is 7.92. The van der Waals surface area contributed by atoms with Gasteiger partial charge in [0, 0.05) is 5.69 Å². The number of amides is 2. The van der Waals surface area contributed by atoms with Crippen LogP contribution in [0.1, 0.15) is 43.7 Å². The Balaban J connectivity index is 1.60. The first-order valence-corrected chi connectivity index (χ1v) is 9.37. The summed E-state index contributed by atoms with van der Waals surface area (Å²) in [7, 11) is 0. The zero-order valence-electron chi connectivity index (χ0n) is 15.7. The minimum atomic E-state index is -1.14. The zero-order valence-corrected chi connectivity index (χ0v) is 15.7. The van der Waals surface area contributed by atoms with Gasteiger partial charge in [0.25, 0.3) is 0 Å². The molecule has 1 aliphatic rings. The summed E-state index contributed by atoms with van der Waals surface area (Å²) in [5, 5.41) is 16.3. The van der Waals surface area contributed by atoms with Gasteiger partial charge in [0.05, 0.1) is 6.54 Å². The zero-order chi connectivity index (χ0) is 19.4. The summed E-state index contributed by atoms with van der Waals surface area (Å²) in [4.78, 5) is 24.4. The lowest BCUT2D eigenvalue weighted by Gasteiger charge is -2.29. The molecule has 1 unspecified atom stereocenters. The van der Waals surface area contributed by atoms with Gasteiger partial charge in [0.15, 0.2) is 0 Å². The second-order valence-electron chi connectivity index (χ2n) is 7.48. The van der Waals surface area contributed by atoms with Crippen LogP contribution in [-0.4, -0.2) is 23.5 Å². The normalized spacial score (nSPS) is 15.9. The Labute approximate surface area is 159 Å². The van der Waals surface area contributed by atoms with Crippen LogP contribution < -0.4 is 10.6 Å². The molecule has 27 heavy (non-hydrogen) atoms. The summed E-state index contributed by atoms with van der Waals surface area (Å²) in [6.45, 7) is 4.20. The molecule has 2 amide bonds. The SMILES string of the molecule is CC(C)c1ccc(NC(=O)C(=O)NCC(O)(c2ccccc2)C2CC2)cc1. The minimum absolute atomic E-state index is 0.0141. The van der Waals surface area contributed by atoms with Gasteiger partial charge < -0.3 is 15.7 Å². The van der Waals surface area contributed by atoms with Crippen molar-refractivity contribution in [2.45, 2.75) is 38.2 Å². The molecule has 1 aliphatic carbocycles. The van der Waals surface area contributed by atoms with Gasteiger partial charge in [-0.25, -0.2) is 0 Å². The molecule has 3 rings (SSSR count). The van der Waals surface area contributed by atoms with E-state index in [4.69, 9.17) is 0 Å². The summed E-state index contributed by atoms with van der Waals surface area (Å²) < 4.78 is 0. The Bertz CT molecular complexity index is 798. The van der Waals surface area contributed by atoms with Gasteiger partial charge in [-0.1, -0.05) is 56.3 Å². The number of hydrogen-bond donors (Lipinski definition) is 3. The molecular weight excluding hydrogens is 340 g/mol. The molecule has 0 aromatic heterocycles. The molecule has 0 spiro atoms. The largest absolute Gasteiger partial charge is 0.383 e. The van der Waals surface area contributed by atoms with Crippen LogP contribution in [0.3, 0.4) is 0 Å². The van der Waals surface area contributed by atoms with Crippen molar-refractivity contribution < 1.29 is 14.7 Å². The van der Waals surface area contributed by atoms with Crippen molar-refractivity contribution in [3.05, 3.63) is 65.7 Å². The van der Waals surface area contributed by atoms with Crippen LogP contribution in [0.5, 0.6) is 0 Å². The van der Waals surface area contributed by atoms with Gasteiger partial charge in [0.2, 0.25) is 0 Å². The lowest BCUT2D eigenvalue weighted by atomic mass is 9.88. The summed E-state index contributed by atoms with van der Waals surface area (Å²) in [5.74, 6) is -0.987. The van der Waals surface area contributed by atoms with Crippen LogP contribution in [0.25, 0.3) is 0 Å². The molecule has 2 aromatic carbocycles. The molecule has 0 aliphatic heterocycles. The van der Waals surface area contributed by atoms with Gasteiger partial charge in [-0.2, -0.15) is 0 Å². The molecule has 2 aromatic rings. The van der Waals surface area contributed by atoms with Gasteiger partial charge in [0.1, 0.15) is 5.60 Å². The smallest absolute Gasteiger partial charge is 0.313 e. The van der Waals surface area contributed by atoms with Gasteiger partial charge in [-0.05, 0) is 47.9 Å². The third kappa shape index (κ3) is 4.55. The fraction of sp³-hybridized carbons (Fsp3) is 0.364. The van der Waals surface area contributed by atoms with Crippen LogP contribution in [0.15, 0.2) is 54.6 Å². The Morgan fingerprint density at radius 1 is 1.04 bits per heavy atom. The first-order chi connectivity index (χ1) is 12.9. The summed E-state index contributed by atoms with van der Waals surface area (Å²) in [5.41, 5.74) is 1.35. The first-order valence-electron chi connectivity index (χ1n) is 9.37. The fourth-order valence-electron chi connectivity index (χ4n) is 3.20. The molecule has 5 heteroatoms. The molecule has 142 valence electrons. The monoisotopic (exact) mass is 366 g/mol. The number of carbonyl (C=O) groups excluding carboxylic acids is 2. The highest BCUT2D eigenvalue weighted by atomic mass is 16.3. The third-order valence-electron chi connectivity index (χ3n) is 5.09. The van der Waals surface area contributed by atoms with E-state index in [1.807, 2.05) is 42.5 Å². The molecule has 0 heterocycles. The highest BCUT2D eigenvalue weighted by Gasteiger charge is 2.45. The number of nitrogens with one attached hydrogen (secondary N) is 2. The van der Waals surface area contributed by atoms with E-state index in [1.54, 1.807) is 12.1 Å². The van der Waals surface area contributed by atoms with E-state index >= 15 is 0 Å². The Kier molecular flexibility index (Phi) is 5.61. The average molecular weight is 366 g/mol. The molecule has 1 atom stereocenters. The predicted octanol–water partition coefficient (Wildman–Crippen LogP) is 3.16. The maximum absolute atomic E-state index is 12.2. The van der Waals surface area contributed by atoms with Crippen LogP contribution in [0.4, 0.5) is 5.69 Å². The van der Waals surface area contributed by atoms with E-state index in [1.165, 1.54) is 0 Å². The van der Waals surface area contributed by atoms with Crippen molar-refractivity contribution in [2.75, 3.05) is 11.9 Å². The van der Waals surface area contributed by atoms with E-state index in [0.29, 0.717) is 11.6 Å². The van der Waals surface area contributed by atoms with E-state index in [-0.39, 0.29) is 12.5 Å². The average Bonchev–Trinajstić information content (AvgIpc) is 3.52. The van der Waals surface area contributed by atoms with Crippen LogP contribution in [0.2, 0.25) is 0 Å². The van der Waals surface area contributed by atoms with Crippen LogP contribution in [0, 0.1) is 5.92 Å². The molecule has 0 bridgehead atoms. The van der Waals surface area contributed by atoms with Crippen molar-refractivity contribution in [1.82, 2.24) is 5.32 Å². The van der Waals surface area contributed by atoms with Crippen molar-refractivity contribution in [2.24, 2.45) is 5.92 Å². The second-order valence-corrected chi connectivity index (χ2v) is 7.48. The molecular formula is C22H26N2O3. The Morgan fingerprint density at radius 2 is 1.67 bits per heavy atom. The van der Waals surface area contributed by atoms with E-state index in [9.17, 15) is 14.7 Å². The van der Waals surface area contributed by atoms with Gasteiger partial charge in [-0.3, -0.25) is 9.59 Å². The standard InChI is InChI=1S/C22H26N2O3/c1-15(2)16-8-12-19(13-9-16)24-21(26)20(25)23-14-22(27,18-10-11-18)17-6-4-3-5-7-17/h3-9,12-13,15,18,27H,10-11,14H2,1-2H3,(H,23,25)(H,24,26). The van der Waals surface area contributed by atoms with Crippen molar-refractivity contribution in [3.8, 4) is 0 Å². The summed E-state index contributed by atoms with van der Waals surface area (Å²) in [6, 6.07) is 16.7. The topological polar surface area (TPSA) is 78.4 Å². The highest BCUT2D eigenvalue weighted by molar-refractivity contribution is 6.39. The summed E-state index contributed by atoms with van der Waals surface area (Å²) in [6.07, 6.45) is 1.82. The quantitative estimate of drug-likeness (QED) is 0.687. The van der Waals surface area contributed by atoms with Crippen LogP contribution in [-0.2, 0) is 15.2 Å². The lowest BCUT2D eigenvalue weighted by molar-refractivity contribution is -0.137. The van der Waals surface area contributed by atoms with E-state index in [0.717, 1.165) is 24.0 Å². The Morgan fingerprint density at radius 3 is 2.22 bits per heavy atom. The van der Waals surface area contributed by atoms with E-state index in [2.05, 4.69) is 24.5 Å². The number of anilines is 1. The van der Waals surface area contributed by atoms with Crippen molar-refractivity contribution in [3.63, 3.8) is 0 Å². The molecule has 3 N–H and O–H groups in total. The predicted molar refractivity (Wildman–Crippen MR) is 105 cm³/mol. The number of carbonyl (C=O) groups is 2. The van der Waals surface area contributed by atoms with Crippen molar-refractivity contribution in [1.29, 1.82) is 0 Å². The first kappa shape index (κ1) is 19.1. The van der Waals surface area contributed by atoms with Crippen LogP contribution >= 0.6 is 0 Å². The number of aliphatic hydroxyl groups is 1. The van der Waals surface area contributed by atoms with Gasteiger partial charge >= 0.3 is 11.8 Å². The molecule has 0 radical (unpaired) electrons. The third-order valence-corrected chi connectivity index (χ3v) is 5.09. The van der Waals surface area contributed by atoms with Crippen molar-refractivity contribution >= 4 is 17.5 Å². The summed E-state index contributed by atoms with van der Waals surface area (Å²) >= 11 is 0. The molecule has 1 fully saturated rings. The molecule has 0 saturated heterocycles. The molecule has 5 nitrogen and oxygen atoms in total. The van der Waals surface area contributed by atoms with E-state index < -0.39 is 17.4 Å². The van der Waals surface area contributed by atoms with Gasteiger partial charge in [-0.15, -0.1) is 0 Å². The number of hydrogen-bond acceptors (Lipinski definition) is 3. The fourth-order valence-corrected chi connectivity index (χ4v) is 3.20. The Hall–Kier alpha value is -2.66. The maximum atomic E-state index is 12.2. The minimum Gasteiger partial charge on any atom is -0.383 e. The molecule has 1 saturated carbocycles. The maximum Gasteiger partial charge on any atom is 0.313 e.